The number of hydrogen-bond acceptors (Lipinski definition) is 3. The van der Waals surface area contributed by atoms with Gasteiger partial charge in [0.15, 0.2) is 0 Å². The Balaban J connectivity index is 1.80. The van der Waals surface area contributed by atoms with E-state index >= 15 is 0 Å². The molecule has 5 nitrogen and oxygen atoms in total. The molecule has 2 aromatic carbocycles. The van der Waals surface area contributed by atoms with E-state index in [1.807, 2.05) is 18.2 Å². The molecule has 2 aromatic rings. The lowest BCUT2D eigenvalue weighted by atomic mass is 10.0. The van der Waals surface area contributed by atoms with Gasteiger partial charge < -0.3 is 4.90 Å². The molecular formula is C19H22N2O3S. The number of sulfonamides is 1. The summed E-state index contributed by atoms with van der Waals surface area (Å²) in [7, 11) is -3.66. The molecule has 1 saturated heterocycles. The summed E-state index contributed by atoms with van der Waals surface area (Å²) in [6.45, 7) is 4.81. The van der Waals surface area contributed by atoms with Gasteiger partial charge in [-0.2, -0.15) is 0 Å². The summed E-state index contributed by atoms with van der Waals surface area (Å²) in [5.41, 5.74) is 2.36. The molecule has 0 unspecified atom stereocenters. The molecule has 1 heterocycles. The minimum atomic E-state index is -3.66. The number of nitrogens with one attached hydrogen (secondary N) is 1. The summed E-state index contributed by atoms with van der Waals surface area (Å²) in [5, 5.41) is 0. The largest absolute Gasteiger partial charge is 0.312 e. The first-order valence-electron chi connectivity index (χ1n) is 8.40. The maximum Gasteiger partial charge on any atom is 0.261 e. The summed E-state index contributed by atoms with van der Waals surface area (Å²) in [6, 6.07) is 13.8. The van der Waals surface area contributed by atoms with Crippen molar-refractivity contribution in [2.75, 3.05) is 16.2 Å². The molecule has 1 aliphatic heterocycles. The zero-order chi connectivity index (χ0) is 18.0. The third-order valence-corrected chi connectivity index (χ3v) is 5.73. The van der Waals surface area contributed by atoms with Crippen LogP contribution in [0, 0.1) is 0 Å². The second-order valence-corrected chi connectivity index (χ2v) is 8.21. The molecule has 1 fully saturated rings. The normalized spacial score (nSPS) is 15.0. The first-order valence-corrected chi connectivity index (χ1v) is 9.88. The van der Waals surface area contributed by atoms with Crippen LogP contribution in [-0.2, 0) is 14.8 Å². The molecular weight excluding hydrogens is 336 g/mol. The van der Waals surface area contributed by atoms with Gasteiger partial charge in [0.2, 0.25) is 5.91 Å². The van der Waals surface area contributed by atoms with Crippen LogP contribution in [0.3, 0.4) is 0 Å². The maximum absolute atomic E-state index is 12.6. The highest BCUT2D eigenvalue weighted by Gasteiger charge is 2.22. The van der Waals surface area contributed by atoms with Crippen LogP contribution in [-0.4, -0.2) is 20.9 Å². The monoisotopic (exact) mass is 358 g/mol. The fourth-order valence-corrected chi connectivity index (χ4v) is 3.95. The van der Waals surface area contributed by atoms with E-state index in [1.165, 1.54) is 12.1 Å². The van der Waals surface area contributed by atoms with Crippen molar-refractivity contribution in [1.29, 1.82) is 0 Å². The van der Waals surface area contributed by atoms with Gasteiger partial charge in [-0.25, -0.2) is 8.42 Å². The molecule has 0 aliphatic carbocycles. The van der Waals surface area contributed by atoms with Crippen molar-refractivity contribution in [2.24, 2.45) is 0 Å². The average Bonchev–Trinajstić information content (AvgIpc) is 3.01. The van der Waals surface area contributed by atoms with E-state index in [0.29, 0.717) is 24.6 Å². The van der Waals surface area contributed by atoms with Gasteiger partial charge in [-0.3, -0.25) is 9.52 Å². The standard InChI is InChI=1S/C19H22N2O3S/c1-14(2)15-5-3-6-16(13-15)20-25(23,24)18-10-8-17(9-11-18)21-12-4-7-19(21)22/h3,5-6,8-11,13-14,20H,4,7,12H2,1-2H3. The number of nitrogens with zero attached hydrogens (tertiary/aromatic N) is 1. The van der Waals surface area contributed by atoms with Crippen molar-refractivity contribution < 1.29 is 13.2 Å². The van der Waals surface area contributed by atoms with E-state index in [4.69, 9.17) is 0 Å². The predicted molar refractivity (Wildman–Crippen MR) is 99.4 cm³/mol. The van der Waals surface area contributed by atoms with Crippen LogP contribution in [0.15, 0.2) is 53.4 Å². The third-order valence-electron chi connectivity index (χ3n) is 4.34. The number of rotatable bonds is 5. The Morgan fingerprint density at radius 1 is 1.08 bits per heavy atom. The van der Waals surface area contributed by atoms with Crippen LogP contribution in [0.4, 0.5) is 11.4 Å². The molecule has 132 valence electrons. The van der Waals surface area contributed by atoms with Crippen LogP contribution < -0.4 is 9.62 Å². The number of carbonyl (C=O) groups is 1. The third kappa shape index (κ3) is 3.85. The number of amides is 1. The van der Waals surface area contributed by atoms with Crippen molar-refractivity contribution >= 4 is 27.3 Å². The molecule has 0 atom stereocenters. The smallest absolute Gasteiger partial charge is 0.261 e. The van der Waals surface area contributed by atoms with Gasteiger partial charge in [-0.1, -0.05) is 26.0 Å². The Labute approximate surface area is 148 Å². The Hall–Kier alpha value is -2.34. The zero-order valence-corrected chi connectivity index (χ0v) is 15.2. The molecule has 6 heteroatoms. The lowest BCUT2D eigenvalue weighted by Gasteiger charge is -2.16. The number of anilines is 2. The fourth-order valence-electron chi connectivity index (χ4n) is 2.90. The van der Waals surface area contributed by atoms with E-state index in [1.54, 1.807) is 23.1 Å². The summed E-state index contributed by atoms with van der Waals surface area (Å²) in [5.74, 6) is 0.404. The van der Waals surface area contributed by atoms with Crippen molar-refractivity contribution in [3.05, 3.63) is 54.1 Å². The quantitative estimate of drug-likeness (QED) is 0.885. The van der Waals surface area contributed by atoms with Crippen LogP contribution in [0.2, 0.25) is 0 Å². The van der Waals surface area contributed by atoms with Crippen LogP contribution >= 0.6 is 0 Å². The molecule has 1 N–H and O–H groups in total. The Kier molecular flexibility index (Phi) is 4.81. The first-order chi connectivity index (χ1) is 11.9. The topological polar surface area (TPSA) is 66.5 Å². The molecule has 3 rings (SSSR count). The highest BCUT2D eigenvalue weighted by atomic mass is 32.2. The fraction of sp³-hybridized carbons (Fsp3) is 0.316. The molecule has 1 aliphatic rings. The molecule has 0 bridgehead atoms. The second kappa shape index (κ2) is 6.88. The number of carbonyl (C=O) groups excluding carboxylic acids is 1. The highest BCUT2D eigenvalue weighted by molar-refractivity contribution is 7.92. The lowest BCUT2D eigenvalue weighted by molar-refractivity contribution is -0.117. The predicted octanol–water partition coefficient (Wildman–Crippen LogP) is 3.74. The van der Waals surface area contributed by atoms with E-state index in [0.717, 1.165) is 17.7 Å². The van der Waals surface area contributed by atoms with Crippen molar-refractivity contribution in [3.8, 4) is 0 Å². The molecule has 0 radical (unpaired) electrons. The van der Waals surface area contributed by atoms with E-state index in [9.17, 15) is 13.2 Å². The molecule has 0 spiro atoms. The summed E-state index contributed by atoms with van der Waals surface area (Å²) < 4.78 is 27.8. The highest BCUT2D eigenvalue weighted by Crippen LogP contribution is 2.25. The lowest BCUT2D eigenvalue weighted by Crippen LogP contribution is -2.23. The molecule has 0 saturated carbocycles. The van der Waals surface area contributed by atoms with Crippen molar-refractivity contribution in [3.63, 3.8) is 0 Å². The van der Waals surface area contributed by atoms with Gasteiger partial charge in [-0.05, 0) is 54.3 Å². The number of hydrogen-bond donors (Lipinski definition) is 1. The van der Waals surface area contributed by atoms with Gasteiger partial charge in [-0.15, -0.1) is 0 Å². The van der Waals surface area contributed by atoms with Crippen molar-refractivity contribution in [1.82, 2.24) is 0 Å². The van der Waals surface area contributed by atoms with Gasteiger partial charge in [0.1, 0.15) is 0 Å². The van der Waals surface area contributed by atoms with Crippen molar-refractivity contribution in [2.45, 2.75) is 37.5 Å². The van der Waals surface area contributed by atoms with Gasteiger partial charge in [0, 0.05) is 24.3 Å². The summed E-state index contributed by atoms with van der Waals surface area (Å²) in [4.78, 5) is 13.6. The van der Waals surface area contributed by atoms with Gasteiger partial charge in [0.25, 0.3) is 10.0 Å². The first kappa shape index (κ1) is 17.5. The van der Waals surface area contributed by atoms with E-state index in [2.05, 4.69) is 18.6 Å². The molecule has 1 amide bonds. The average molecular weight is 358 g/mol. The van der Waals surface area contributed by atoms with E-state index in [-0.39, 0.29) is 10.8 Å². The minimum absolute atomic E-state index is 0.0826. The Bertz CT molecular complexity index is 874. The van der Waals surface area contributed by atoms with Crippen LogP contribution in [0.25, 0.3) is 0 Å². The SMILES string of the molecule is CC(C)c1cccc(NS(=O)(=O)c2ccc(N3CCCC3=O)cc2)c1. The zero-order valence-electron chi connectivity index (χ0n) is 14.4. The Morgan fingerprint density at radius 3 is 2.40 bits per heavy atom. The molecule has 0 aromatic heterocycles. The number of benzene rings is 2. The van der Waals surface area contributed by atoms with E-state index < -0.39 is 10.0 Å². The minimum Gasteiger partial charge on any atom is -0.312 e. The van der Waals surface area contributed by atoms with Gasteiger partial charge in [0.05, 0.1) is 4.90 Å². The van der Waals surface area contributed by atoms with Crippen LogP contribution in [0.1, 0.15) is 38.2 Å². The van der Waals surface area contributed by atoms with Gasteiger partial charge >= 0.3 is 0 Å². The maximum atomic E-state index is 12.6. The Morgan fingerprint density at radius 2 is 1.80 bits per heavy atom. The summed E-state index contributed by atoms with van der Waals surface area (Å²) in [6.07, 6.45) is 1.39. The molecule has 25 heavy (non-hydrogen) atoms. The van der Waals surface area contributed by atoms with Crippen LogP contribution in [0.5, 0.6) is 0 Å². The second-order valence-electron chi connectivity index (χ2n) is 6.53. The summed E-state index contributed by atoms with van der Waals surface area (Å²) >= 11 is 0.